The number of carbonyl (C=O) groups is 2. The number of rotatable bonds is 3. The first kappa shape index (κ1) is 15.9. The van der Waals surface area contributed by atoms with Crippen LogP contribution in [0.5, 0.6) is 0 Å². The summed E-state index contributed by atoms with van der Waals surface area (Å²) in [4.78, 5) is 23.2. The van der Waals surface area contributed by atoms with Crippen molar-refractivity contribution in [3.05, 3.63) is 0 Å². The first-order chi connectivity index (χ1) is 7.42. The van der Waals surface area contributed by atoms with Crippen molar-refractivity contribution in [3.8, 4) is 0 Å². The highest BCUT2D eigenvalue weighted by atomic mass is 16.6. The fraction of sp³-hybridized carbons (Fsp3) is 0.846. The van der Waals surface area contributed by atoms with Gasteiger partial charge in [0.25, 0.3) is 0 Å². The highest BCUT2D eigenvalue weighted by molar-refractivity contribution is 5.84. The molecule has 4 nitrogen and oxygen atoms in total. The van der Waals surface area contributed by atoms with Gasteiger partial charge in [-0.3, -0.25) is 4.79 Å². The molecular weight excluding hydrogens is 218 g/mol. The fourth-order valence-corrected chi connectivity index (χ4v) is 1.14. The van der Waals surface area contributed by atoms with E-state index in [2.05, 4.69) is 5.32 Å². The standard InChI is InChI=1S/C13H25NO3/c1-9(8-10(15)12(2,3)4)14-11(16)17-13(5,6)7/h9H,8H2,1-7H3,(H,14,16). The third kappa shape index (κ3) is 7.77. The Morgan fingerprint density at radius 2 is 1.59 bits per heavy atom. The average Bonchev–Trinajstić information content (AvgIpc) is 1.96. The second-order valence-electron chi connectivity index (χ2n) is 6.42. The maximum atomic E-state index is 11.7. The Labute approximate surface area is 104 Å². The van der Waals surface area contributed by atoms with Crippen LogP contribution in [-0.4, -0.2) is 23.5 Å². The van der Waals surface area contributed by atoms with Gasteiger partial charge in [-0.25, -0.2) is 4.79 Å². The molecule has 0 aromatic heterocycles. The quantitative estimate of drug-likeness (QED) is 0.829. The van der Waals surface area contributed by atoms with Gasteiger partial charge in [-0.1, -0.05) is 20.8 Å². The Morgan fingerprint density at radius 3 is 1.94 bits per heavy atom. The van der Waals surface area contributed by atoms with E-state index in [1.165, 1.54) is 0 Å². The van der Waals surface area contributed by atoms with Crippen LogP contribution >= 0.6 is 0 Å². The van der Waals surface area contributed by atoms with Crippen molar-refractivity contribution in [2.24, 2.45) is 5.41 Å². The number of ketones is 1. The molecule has 0 saturated heterocycles. The van der Waals surface area contributed by atoms with E-state index in [1.807, 2.05) is 20.8 Å². The van der Waals surface area contributed by atoms with Crippen molar-refractivity contribution in [3.63, 3.8) is 0 Å². The normalized spacial score (nSPS) is 14.1. The van der Waals surface area contributed by atoms with Crippen molar-refractivity contribution in [2.75, 3.05) is 0 Å². The zero-order chi connectivity index (χ0) is 13.9. The van der Waals surface area contributed by atoms with Gasteiger partial charge in [0.05, 0.1) is 0 Å². The molecule has 0 bridgehead atoms. The molecule has 1 unspecified atom stereocenters. The van der Waals surface area contributed by atoms with Gasteiger partial charge in [0.1, 0.15) is 11.4 Å². The molecule has 0 fully saturated rings. The molecule has 0 aromatic rings. The van der Waals surface area contributed by atoms with Gasteiger partial charge in [-0.05, 0) is 27.7 Å². The summed E-state index contributed by atoms with van der Waals surface area (Å²) >= 11 is 0. The van der Waals surface area contributed by atoms with Gasteiger partial charge in [-0.15, -0.1) is 0 Å². The molecule has 17 heavy (non-hydrogen) atoms. The van der Waals surface area contributed by atoms with Crippen molar-refractivity contribution in [2.45, 2.75) is 66.5 Å². The second-order valence-corrected chi connectivity index (χ2v) is 6.42. The highest BCUT2D eigenvalue weighted by Crippen LogP contribution is 2.17. The predicted molar refractivity (Wildman–Crippen MR) is 67.9 cm³/mol. The number of hydrogen-bond donors (Lipinski definition) is 1. The molecule has 0 saturated carbocycles. The molecule has 1 amide bonds. The van der Waals surface area contributed by atoms with Crippen LogP contribution in [0.25, 0.3) is 0 Å². The highest BCUT2D eigenvalue weighted by Gasteiger charge is 2.24. The van der Waals surface area contributed by atoms with Gasteiger partial charge in [0.15, 0.2) is 0 Å². The van der Waals surface area contributed by atoms with Gasteiger partial charge in [-0.2, -0.15) is 0 Å². The fourth-order valence-electron chi connectivity index (χ4n) is 1.14. The lowest BCUT2D eigenvalue weighted by atomic mass is 9.87. The van der Waals surface area contributed by atoms with E-state index in [4.69, 9.17) is 4.74 Å². The van der Waals surface area contributed by atoms with E-state index in [9.17, 15) is 9.59 Å². The lowest BCUT2D eigenvalue weighted by molar-refractivity contribution is -0.126. The summed E-state index contributed by atoms with van der Waals surface area (Å²) in [6.45, 7) is 12.8. The second kappa shape index (κ2) is 5.52. The summed E-state index contributed by atoms with van der Waals surface area (Å²) < 4.78 is 5.11. The molecule has 0 aliphatic heterocycles. The van der Waals surface area contributed by atoms with E-state index in [-0.39, 0.29) is 17.2 Å². The van der Waals surface area contributed by atoms with Gasteiger partial charge in [0, 0.05) is 17.9 Å². The Kier molecular flexibility index (Phi) is 5.17. The molecule has 0 radical (unpaired) electrons. The van der Waals surface area contributed by atoms with Crippen LogP contribution in [0.1, 0.15) is 54.9 Å². The first-order valence-corrected chi connectivity index (χ1v) is 5.94. The molecular formula is C13H25NO3. The third-order valence-corrected chi connectivity index (χ3v) is 2.09. The van der Waals surface area contributed by atoms with Crippen LogP contribution in [0.3, 0.4) is 0 Å². The summed E-state index contributed by atoms with van der Waals surface area (Å²) in [5.41, 5.74) is -0.887. The van der Waals surface area contributed by atoms with Gasteiger partial charge < -0.3 is 10.1 Å². The largest absolute Gasteiger partial charge is 0.444 e. The molecule has 0 aliphatic carbocycles. The van der Waals surface area contributed by atoms with Crippen LogP contribution in [0.2, 0.25) is 0 Å². The smallest absolute Gasteiger partial charge is 0.407 e. The SMILES string of the molecule is CC(CC(=O)C(C)(C)C)NC(=O)OC(C)(C)C. The minimum absolute atomic E-state index is 0.126. The van der Waals surface area contributed by atoms with Crippen LogP contribution in [-0.2, 0) is 9.53 Å². The Hall–Kier alpha value is -1.06. The van der Waals surface area contributed by atoms with Crippen LogP contribution in [0.4, 0.5) is 4.79 Å². The number of ether oxygens (including phenoxy) is 1. The number of alkyl carbamates (subject to hydrolysis) is 1. The topological polar surface area (TPSA) is 55.4 Å². The molecule has 0 heterocycles. The minimum Gasteiger partial charge on any atom is -0.444 e. The Balaban J connectivity index is 4.16. The van der Waals surface area contributed by atoms with Crippen molar-refractivity contribution in [1.82, 2.24) is 5.32 Å². The molecule has 0 rings (SSSR count). The van der Waals surface area contributed by atoms with E-state index in [0.717, 1.165) is 0 Å². The molecule has 0 spiro atoms. The number of hydrogen-bond acceptors (Lipinski definition) is 3. The van der Waals surface area contributed by atoms with E-state index >= 15 is 0 Å². The molecule has 100 valence electrons. The summed E-state index contributed by atoms with van der Waals surface area (Å²) in [5, 5.41) is 2.66. The van der Waals surface area contributed by atoms with E-state index in [0.29, 0.717) is 6.42 Å². The zero-order valence-electron chi connectivity index (χ0n) is 12.0. The first-order valence-electron chi connectivity index (χ1n) is 5.94. The van der Waals surface area contributed by atoms with Crippen molar-refractivity contribution < 1.29 is 14.3 Å². The van der Waals surface area contributed by atoms with Gasteiger partial charge >= 0.3 is 6.09 Å². The molecule has 4 heteroatoms. The summed E-state index contributed by atoms with van der Waals surface area (Å²) in [7, 11) is 0. The maximum Gasteiger partial charge on any atom is 0.407 e. The summed E-state index contributed by atoms with van der Waals surface area (Å²) in [6, 6.07) is -0.212. The van der Waals surface area contributed by atoms with Crippen LogP contribution in [0.15, 0.2) is 0 Å². The maximum absolute atomic E-state index is 11.7. The molecule has 1 atom stereocenters. The number of nitrogens with one attached hydrogen (secondary N) is 1. The number of carbonyl (C=O) groups excluding carboxylic acids is 2. The van der Waals surface area contributed by atoms with Crippen LogP contribution in [0, 0.1) is 5.41 Å². The van der Waals surface area contributed by atoms with Crippen LogP contribution < -0.4 is 5.32 Å². The average molecular weight is 243 g/mol. The zero-order valence-corrected chi connectivity index (χ0v) is 12.0. The van der Waals surface area contributed by atoms with Gasteiger partial charge in [0.2, 0.25) is 0 Å². The molecule has 0 aliphatic rings. The van der Waals surface area contributed by atoms with Crippen molar-refractivity contribution in [1.29, 1.82) is 0 Å². The van der Waals surface area contributed by atoms with E-state index in [1.54, 1.807) is 27.7 Å². The minimum atomic E-state index is -0.516. The Morgan fingerprint density at radius 1 is 1.12 bits per heavy atom. The predicted octanol–water partition coefficient (Wildman–Crippen LogP) is 2.90. The lowest BCUT2D eigenvalue weighted by Crippen LogP contribution is -2.39. The Bertz CT molecular complexity index is 284. The monoisotopic (exact) mass is 243 g/mol. The summed E-state index contributed by atoms with van der Waals surface area (Å²) in [6.07, 6.45) is -0.158. The summed E-state index contributed by atoms with van der Waals surface area (Å²) in [5.74, 6) is 0.126. The van der Waals surface area contributed by atoms with E-state index < -0.39 is 11.7 Å². The molecule has 0 aromatic carbocycles. The lowest BCUT2D eigenvalue weighted by Gasteiger charge is -2.23. The molecule has 1 N–H and O–H groups in total. The number of amides is 1. The third-order valence-electron chi connectivity index (χ3n) is 2.09. The number of Topliss-reactive ketones (excluding diaryl/α,β-unsaturated/α-hetero) is 1. The van der Waals surface area contributed by atoms with Crippen molar-refractivity contribution >= 4 is 11.9 Å².